The van der Waals surface area contributed by atoms with E-state index in [2.05, 4.69) is 29.6 Å². The molecule has 2 aliphatic rings. The summed E-state index contributed by atoms with van der Waals surface area (Å²) in [5.41, 5.74) is 1.31. The number of piperazine rings is 1. The summed E-state index contributed by atoms with van der Waals surface area (Å²) in [6.45, 7) is 5.22. The second kappa shape index (κ2) is 8.76. The van der Waals surface area contributed by atoms with Crippen molar-refractivity contribution in [1.29, 1.82) is 0 Å². The summed E-state index contributed by atoms with van der Waals surface area (Å²) in [7, 11) is 0. The molecular weight excluding hydrogens is 316 g/mol. The lowest BCUT2D eigenvalue weighted by Gasteiger charge is -2.45. The van der Waals surface area contributed by atoms with E-state index in [0.29, 0.717) is 37.4 Å². The Morgan fingerprint density at radius 3 is 2.36 bits per heavy atom. The van der Waals surface area contributed by atoms with E-state index in [0.717, 1.165) is 32.2 Å². The number of hydrogen-bond acceptors (Lipinski definition) is 4. The monoisotopic (exact) mass is 346 g/mol. The average molecular weight is 346 g/mol. The summed E-state index contributed by atoms with van der Waals surface area (Å²) < 4.78 is 0. The van der Waals surface area contributed by atoms with E-state index in [-0.39, 0.29) is 11.9 Å². The van der Waals surface area contributed by atoms with Gasteiger partial charge in [-0.15, -0.1) is 0 Å². The topological polar surface area (TPSA) is 63.1 Å². The second-order valence-electron chi connectivity index (χ2n) is 7.25. The number of rotatable bonds is 5. The molecule has 138 valence electrons. The quantitative estimate of drug-likeness (QED) is 0.765. The highest BCUT2D eigenvalue weighted by Gasteiger charge is 2.30. The zero-order valence-electron chi connectivity index (χ0n) is 15.1. The van der Waals surface area contributed by atoms with Gasteiger partial charge in [0, 0.05) is 45.4 Å². The van der Waals surface area contributed by atoms with E-state index in [9.17, 15) is 10.0 Å². The van der Waals surface area contributed by atoms with Gasteiger partial charge in [-0.2, -0.15) is 5.01 Å². The van der Waals surface area contributed by atoms with Crippen LogP contribution in [0.1, 0.15) is 38.2 Å². The number of nitrogens with one attached hydrogen (secondary N) is 2. The third-order valence-electron chi connectivity index (χ3n) is 5.55. The summed E-state index contributed by atoms with van der Waals surface area (Å²) in [5, 5.41) is 18.6. The molecule has 1 unspecified atom stereocenters. The molecular formula is C19H30N4O2. The van der Waals surface area contributed by atoms with Crippen molar-refractivity contribution in [2.75, 3.05) is 26.2 Å². The lowest BCUT2D eigenvalue weighted by atomic mass is 9.91. The van der Waals surface area contributed by atoms with E-state index >= 15 is 0 Å². The molecule has 6 heteroatoms. The molecule has 0 bridgehead atoms. The summed E-state index contributed by atoms with van der Waals surface area (Å²) in [4.78, 5) is 13.2. The Labute approximate surface area is 150 Å². The maximum absolute atomic E-state index is 12.7. The van der Waals surface area contributed by atoms with Crippen molar-refractivity contribution in [2.45, 2.75) is 51.2 Å². The number of amides is 1. The van der Waals surface area contributed by atoms with Crippen LogP contribution in [0.2, 0.25) is 0 Å². The number of carbonyl (C=O) groups is 1. The molecule has 1 aliphatic carbocycles. The molecule has 2 N–H and O–H groups in total. The molecule has 6 nitrogen and oxygen atoms in total. The molecule has 1 aliphatic heterocycles. The maximum Gasteiger partial charge on any atom is 0.219 e. The highest BCUT2D eigenvalue weighted by Crippen LogP contribution is 2.18. The predicted octanol–water partition coefficient (Wildman–Crippen LogP) is 0.549. The molecule has 1 atom stereocenters. The molecule has 1 aromatic carbocycles. The Balaban J connectivity index is 1.39. The van der Waals surface area contributed by atoms with Crippen molar-refractivity contribution in [3.63, 3.8) is 0 Å². The van der Waals surface area contributed by atoms with E-state index in [1.54, 1.807) is 6.92 Å². The van der Waals surface area contributed by atoms with Gasteiger partial charge in [-0.3, -0.25) is 9.97 Å². The van der Waals surface area contributed by atoms with Gasteiger partial charge in [0.05, 0.1) is 13.1 Å². The standard InChI is InChI=1S/C19H30N4O2/c1-16(24)21-11-13-22(14-12-21)23(25)19-9-7-18(8-10-19)20-15-17-5-3-2-4-6-17/h2-6,18-20,23H,7-15H2,1H3. The number of quaternary nitrogens is 1. The van der Waals surface area contributed by atoms with E-state index in [4.69, 9.17) is 0 Å². The van der Waals surface area contributed by atoms with Gasteiger partial charge in [-0.05, 0) is 18.4 Å². The molecule has 1 aromatic rings. The number of benzene rings is 1. The molecule has 1 saturated carbocycles. The van der Waals surface area contributed by atoms with Gasteiger partial charge >= 0.3 is 0 Å². The van der Waals surface area contributed by atoms with E-state index in [1.807, 2.05) is 16.0 Å². The lowest BCUT2D eigenvalue weighted by molar-refractivity contribution is -0.996. The Bertz CT molecular complexity index is 538. The molecule has 3 rings (SSSR count). The van der Waals surface area contributed by atoms with E-state index < -0.39 is 0 Å². The van der Waals surface area contributed by atoms with Crippen molar-refractivity contribution >= 4 is 5.91 Å². The SMILES string of the molecule is CC(=O)N1CCN([NH+]([O-])C2CCC(NCc3ccccc3)CC2)CC1. The minimum atomic E-state index is 0.108. The zero-order chi connectivity index (χ0) is 17.6. The van der Waals surface area contributed by atoms with Crippen LogP contribution in [0.4, 0.5) is 0 Å². The van der Waals surface area contributed by atoms with Crippen LogP contribution in [0.3, 0.4) is 0 Å². The van der Waals surface area contributed by atoms with Gasteiger partial charge in [0.1, 0.15) is 6.04 Å². The fraction of sp³-hybridized carbons (Fsp3) is 0.632. The predicted molar refractivity (Wildman–Crippen MR) is 97.5 cm³/mol. The van der Waals surface area contributed by atoms with Gasteiger partial charge in [-0.25, -0.2) is 0 Å². The fourth-order valence-electron chi connectivity index (χ4n) is 3.90. The third kappa shape index (κ3) is 5.01. The van der Waals surface area contributed by atoms with Crippen LogP contribution in [0.5, 0.6) is 0 Å². The molecule has 1 amide bonds. The van der Waals surface area contributed by atoms with Crippen LogP contribution >= 0.6 is 0 Å². The van der Waals surface area contributed by atoms with Crippen molar-refractivity contribution in [1.82, 2.24) is 15.2 Å². The van der Waals surface area contributed by atoms with Crippen LogP contribution in [-0.4, -0.2) is 54.1 Å². The zero-order valence-corrected chi connectivity index (χ0v) is 15.1. The Kier molecular flexibility index (Phi) is 6.42. The first-order valence-corrected chi connectivity index (χ1v) is 9.45. The Morgan fingerprint density at radius 2 is 1.76 bits per heavy atom. The van der Waals surface area contributed by atoms with Crippen LogP contribution in [0, 0.1) is 5.21 Å². The van der Waals surface area contributed by atoms with Crippen LogP contribution in [0.25, 0.3) is 0 Å². The molecule has 0 spiro atoms. The first kappa shape index (κ1) is 18.3. The molecule has 0 radical (unpaired) electrons. The summed E-state index contributed by atoms with van der Waals surface area (Å²) >= 11 is 0. The molecule has 1 heterocycles. The van der Waals surface area contributed by atoms with Crippen molar-refractivity contribution < 1.29 is 9.97 Å². The van der Waals surface area contributed by atoms with Gasteiger partial charge in [-0.1, -0.05) is 30.3 Å². The van der Waals surface area contributed by atoms with Crippen LogP contribution in [-0.2, 0) is 11.3 Å². The number of hydrogen-bond donors (Lipinski definition) is 2. The van der Waals surface area contributed by atoms with Crippen molar-refractivity contribution in [3.8, 4) is 0 Å². The fourth-order valence-corrected chi connectivity index (χ4v) is 3.90. The highest BCUT2D eigenvalue weighted by atomic mass is 16.6. The number of nitrogens with zero attached hydrogens (tertiary/aromatic N) is 2. The number of carbonyl (C=O) groups excluding carboxylic acids is 1. The average Bonchev–Trinajstić information content (AvgIpc) is 2.67. The highest BCUT2D eigenvalue weighted by molar-refractivity contribution is 5.73. The van der Waals surface area contributed by atoms with Crippen molar-refractivity contribution in [2.24, 2.45) is 0 Å². The summed E-state index contributed by atoms with van der Waals surface area (Å²) in [5.74, 6) is 0.108. The second-order valence-corrected chi connectivity index (χ2v) is 7.25. The lowest BCUT2D eigenvalue weighted by Crippen LogP contribution is -3.18. The largest absolute Gasteiger partial charge is 0.613 e. The molecule has 25 heavy (non-hydrogen) atoms. The van der Waals surface area contributed by atoms with Gasteiger partial charge in [0.25, 0.3) is 0 Å². The number of hydroxylamine groups is 1. The summed E-state index contributed by atoms with van der Waals surface area (Å²) in [6, 6.07) is 11.1. The van der Waals surface area contributed by atoms with Gasteiger partial charge < -0.3 is 15.4 Å². The van der Waals surface area contributed by atoms with Gasteiger partial charge in [0.2, 0.25) is 5.91 Å². The normalized spacial score (nSPS) is 26.4. The third-order valence-corrected chi connectivity index (χ3v) is 5.55. The minimum absolute atomic E-state index is 0.108. The van der Waals surface area contributed by atoms with E-state index in [1.165, 1.54) is 5.56 Å². The minimum Gasteiger partial charge on any atom is -0.613 e. The van der Waals surface area contributed by atoms with Gasteiger partial charge in [0.15, 0.2) is 0 Å². The smallest absolute Gasteiger partial charge is 0.219 e. The maximum atomic E-state index is 12.7. The Morgan fingerprint density at radius 1 is 1.12 bits per heavy atom. The first-order chi connectivity index (χ1) is 12.1. The first-order valence-electron chi connectivity index (χ1n) is 9.45. The van der Waals surface area contributed by atoms with Crippen LogP contribution < -0.4 is 10.5 Å². The molecule has 1 saturated heterocycles. The molecule has 0 aromatic heterocycles. The van der Waals surface area contributed by atoms with Crippen molar-refractivity contribution in [3.05, 3.63) is 41.1 Å². The Hall–Kier alpha value is -1.47. The van der Waals surface area contributed by atoms with Crippen LogP contribution in [0.15, 0.2) is 30.3 Å². The summed E-state index contributed by atoms with van der Waals surface area (Å²) in [6.07, 6.45) is 4.07. The molecule has 2 fully saturated rings.